The maximum absolute atomic E-state index is 13.5. The minimum atomic E-state index is -0.646. The Hall–Kier alpha value is -2.50. The normalized spacial score (nSPS) is 10.2. The van der Waals surface area contributed by atoms with E-state index in [0.717, 1.165) is 0 Å². The van der Waals surface area contributed by atoms with Crippen LogP contribution in [-0.4, -0.2) is 9.91 Å². The predicted octanol–water partition coefficient (Wildman–Crippen LogP) is 2.38. The van der Waals surface area contributed by atoms with Gasteiger partial charge in [-0.2, -0.15) is 0 Å². The zero-order valence-corrected chi connectivity index (χ0v) is 8.63. The highest BCUT2D eigenvalue weighted by Crippen LogP contribution is 2.28. The minimum Gasteiger partial charge on any atom is -0.378 e. The lowest BCUT2D eigenvalue weighted by atomic mass is 10.1. The summed E-state index contributed by atoms with van der Waals surface area (Å²) in [5.74, 6) is -0.650. The second kappa shape index (κ2) is 4.17. The standard InChI is InChI=1S/C11H8FN3O2/c12-9-4-2-1-3-8(9)7-5-10(15(16)17)11(13)14-6-7/h1-6H,(H2,13,14). The molecule has 0 saturated heterocycles. The number of benzene rings is 1. The van der Waals surface area contributed by atoms with Gasteiger partial charge in [0, 0.05) is 23.4 Å². The largest absolute Gasteiger partial charge is 0.378 e. The summed E-state index contributed by atoms with van der Waals surface area (Å²) in [6.45, 7) is 0. The van der Waals surface area contributed by atoms with Crippen molar-refractivity contribution in [2.75, 3.05) is 5.73 Å². The van der Waals surface area contributed by atoms with E-state index in [2.05, 4.69) is 4.98 Å². The molecule has 0 aliphatic rings. The van der Waals surface area contributed by atoms with Crippen molar-refractivity contribution in [1.29, 1.82) is 0 Å². The summed E-state index contributed by atoms with van der Waals surface area (Å²) in [5, 5.41) is 10.7. The van der Waals surface area contributed by atoms with Gasteiger partial charge in [0.25, 0.3) is 0 Å². The fourth-order valence-electron chi connectivity index (χ4n) is 1.45. The molecular weight excluding hydrogens is 225 g/mol. The number of hydrogen-bond donors (Lipinski definition) is 1. The lowest BCUT2D eigenvalue weighted by molar-refractivity contribution is -0.384. The van der Waals surface area contributed by atoms with Crippen LogP contribution >= 0.6 is 0 Å². The van der Waals surface area contributed by atoms with Gasteiger partial charge < -0.3 is 5.73 Å². The second-order valence-corrected chi connectivity index (χ2v) is 3.37. The molecule has 2 aromatic rings. The average Bonchev–Trinajstić information content (AvgIpc) is 2.30. The van der Waals surface area contributed by atoms with Gasteiger partial charge in [0.1, 0.15) is 5.82 Å². The van der Waals surface area contributed by atoms with Crippen molar-refractivity contribution in [3.05, 3.63) is 52.5 Å². The van der Waals surface area contributed by atoms with E-state index in [4.69, 9.17) is 5.73 Å². The molecule has 86 valence electrons. The Bertz CT molecular complexity index is 587. The number of nitrogens with two attached hydrogens (primary N) is 1. The Morgan fingerprint density at radius 2 is 2.06 bits per heavy atom. The van der Waals surface area contributed by atoms with Crippen LogP contribution in [-0.2, 0) is 0 Å². The molecule has 0 radical (unpaired) electrons. The fourth-order valence-corrected chi connectivity index (χ4v) is 1.45. The molecule has 0 aliphatic heterocycles. The summed E-state index contributed by atoms with van der Waals surface area (Å²) in [7, 11) is 0. The highest BCUT2D eigenvalue weighted by atomic mass is 19.1. The first-order valence-corrected chi connectivity index (χ1v) is 4.74. The number of pyridine rings is 1. The number of anilines is 1. The first kappa shape index (κ1) is 11.0. The van der Waals surface area contributed by atoms with Gasteiger partial charge >= 0.3 is 5.69 Å². The van der Waals surface area contributed by atoms with Crippen molar-refractivity contribution in [3.8, 4) is 11.1 Å². The van der Waals surface area contributed by atoms with E-state index in [9.17, 15) is 14.5 Å². The van der Waals surface area contributed by atoms with Crippen molar-refractivity contribution in [3.63, 3.8) is 0 Å². The van der Waals surface area contributed by atoms with Crippen molar-refractivity contribution in [1.82, 2.24) is 4.98 Å². The summed E-state index contributed by atoms with van der Waals surface area (Å²) in [6, 6.07) is 7.18. The molecule has 2 rings (SSSR count). The number of nitrogens with zero attached hydrogens (tertiary/aromatic N) is 2. The number of nitrogen functional groups attached to an aromatic ring is 1. The van der Waals surface area contributed by atoms with Crippen LogP contribution in [0.2, 0.25) is 0 Å². The molecule has 0 atom stereocenters. The lowest BCUT2D eigenvalue weighted by Crippen LogP contribution is -1.99. The summed E-state index contributed by atoms with van der Waals surface area (Å²) >= 11 is 0. The van der Waals surface area contributed by atoms with Crippen LogP contribution in [0.15, 0.2) is 36.5 Å². The predicted molar refractivity (Wildman–Crippen MR) is 60.7 cm³/mol. The first-order valence-electron chi connectivity index (χ1n) is 4.74. The summed E-state index contributed by atoms with van der Waals surface area (Å²) in [5.41, 5.74) is 5.61. The van der Waals surface area contributed by atoms with Gasteiger partial charge in [-0.05, 0) is 6.07 Å². The summed E-state index contributed by atoms with van der Waals surface area (Å²) < 4.78 is 13.5. The maximum atomic E-state index is 13.5. The SMILES string of the molecule is Nc1ncc(-c2ccccc2F)cc1[N+](=O)[O-]. The quantitative estimate of drug-likeness (QED) is 0.637. The molecule has 0 saturated carbocycles. The maximum Gasteiger partial charge on any atom is 0.311 e. The minimum absolute atomic E-state index is 0.185. The van der Waals surface area contributed by atoms with Crippen LogP contribution in [0, 0.1) is 15.9 Å². The molecular formula is C11H8FN3O2. The van der Waals surface area contributed by atoms with Gasteiger partial charge in [0.2, 0.25) is 5.82 Å². The average molecular weight is 233 g/mol. The molecule has 0 bridgehead atoms. The zero-order valence-electron chi connectivity index (χ0n) is 8.63. The van der Waals surface area contributed by atoms with Crippen LogP contribution in [0.3, 0.4) is 0 Å². The van der Waals surface area contributed by atoms with Crippen LogP contribution < -0.4 is 5.73 Å². The van der Waals surface area contributed by atoms with E-state index >= 15 is 0 Å². The van der Waals surface area contributed by atoms with Gasteiger partial charge in [-0.25, -0.2) is 9.37 Å². The Balaban J connectivity index is 2.58. The molecule has 0 fully saturated rings. The van der Waals surface area contributed by atoms with E-state index in [-0.39, 0.29) is 17.1 Å². The smallest absolute Gasteiger partial charge is 0.311 e. The topological polar surface area (TPSA) is 82.0 Å². The van der Waals surface area contributed by atoms with E-state index in [1.165, 1.54) is 30.5 Å². The molecule has 1 aromatic carbocycles. The number of nitro groups is 1. The molecule has 6 heteroatoms. The second-order valence-electron chi connectivity index (χ2n) is 3.37. The molecule has 1 aromatic heterocycles. The van der Waals surface area contributed by atoms with Gasteiger partial charge in [0.05, 0.1) is 4.92 Å². The molecule has 2 N–H and O–H groups in total. The number of rotatable bonds is 2. The highest BCUT2D eigenvalue weighted by molar-refractivity contribution is 5.69. The van der Waals surface area contributed by atoms with Crippen molar-refractivity contribution in [2.45, 2.75) is 0 Å². The van der Waals surface area contributed by atoms with Crippen molar-refractivity contribution >= 4 is 11.5 Å². The summed E-state index contributed by atoms with van der Waals surface area (Å²) in [4.78, 5) is 13.7. The Labute approximate surface area is 95.9 Å². The Morgan fingerprint density at radius 3 is 2.71 bits per heavy atom. The number of hydrogen-bond acceptors (Lipinski definition) is 4. The number of aromatic nitrogens is 1. The van der Waals surface area contributed by atoms with Gasteiger partial charge in [-0.3, -0.25) is 10.1 Å². The zero-order chi connectivity index (χ0) is 12.4. The third-order valence-corrected chi connectivity index (χ3v) is 2.28. The molecule has 5 nitrogen and oxygen atoms in total. The van der Waals surface area contributed by atoms with E-state index in [0.29, 0.717) is 5.56 Å². The third-order valence-electron chi connectivity index (χ3n) is 2.28. The molecule has 0 aliphatic carbocycles. The van der Waals surface area contributed by atoms with Crippen molar-refractivity contribution < 1.29 is 9.31 Å². The van der Waals surface area contributed by atoms with Crippen molar-refractivity contribution in [2.24, 2.45) is 0 Å². The Kier molecular flexibility index (Phi) is 2.70. The first-order chi connectivity index (χ1) is 8.09. The molecule has 0 unspecified atom stereocenters. The lowest BCUT2D eigenvalue weighted by Gasteiger charge is -2.03. The molecule has 0 spiro atoms. The van der Waals surface area contributed by atoms with E-state index in [1.807, 2.05) is 0 Å². The monoisotopic (exact) mass is 233 g/mol. The third kappa shape index (κ3) is 2.05. The number of halogens is 1. The van der Waals surface area contributed by atoms with E-state index in [1.54, 1.807) is 6.07 Å². The molecule has 17 heavy (non-hydrogen) atoms. The highest BCUT2D eigenvalue weighted by Gasteiger charge is 2.15. The van der Waals surface area contributed by atoms with Crippen LogP contribution in [0.5, 0.6) is 0 Å². The van der Waals surface area contributed by atoms with Crippen LogP contribution in [0.1, 0.15) is 0 Å². The molecule has 0 amide bonds. The fraction of sp³-hybridized carbons (Fsp3) is 0. The molecule has 1 heterocycles. The summed E-state index contributed by atoms with van der Waals surface area (Å²) in [6.07, 6.45) is 1.31. The Morgan fingerprint density at radius 1 is 1.35 bits per heavy atom. The van der Waals surface area contributed by atoms with Gasteiger partial charge in [-0.1, -0.05) is 18.2 Å². The van der Waals surface area contributed by atoms with Crippen LogP contribution in [0.25, 0.3) is 11.1 Å². The van der Waals surface area contributed by atoms with E-state index < -0.39 is 10.7 Å². The van der Waals surface area contributed by atoms with Crippen LogP contribution in [0.4, 0.5) is 15.9 Å². The van der Waals surface area contributed by atoms with Gasteiger partial charge in [0.15, 0.2) is 0 Å². The van der Waals surface area contributed by atoms with Gasteiger partial charge in [-0.15, -0.1) is 0 Å².